The van der Waals surface area contributed by atoms with Crippen molar-refractivity contribution < 1.29 is 14.3 Å². The number of nitrogen functional groups attached to an aromatic ring is 1. The molecule has 0 unspecified atom stereocenters. The molecule has 0 atom stereocenters. The summed E-state index contributed by atoms with van der Waals surface area (Å²) in [7, 11) is 1.52. The van der Waals surface area contributed by atoms with Gasteiger partial charge in [0.1, 0.15) is 17.6 Å². The fourth-order valence-electron chi connectivity index (χ4n) is 3.27. The lowest BCUT2D eigenvalue weighted by Gasteiger charge is -2.33. The van der Waals surface area contributed by atoms with E-state index in [0.717, 1.165) is 24.2 Å². The van der Waals surface area contributed by atoms with E-state index in [-0.39, 0.29) is 24.4 Å². The Bertz CT molecular complexity index is 850. The summed E-state index contributed by atoms with van der Waals surface area (Å²) in [4.78, 5) is 14.7. The van der Waals surface area contributed by atoms with Crippen LogP contribution in [0.1, 0.15) is 34.3 Å². The number of ether oxygens (including phenoxy) is 2. The summed E-state index contributed by atoms with van der Waals surface area (Å²) in [5.41, 5.74) is 8.94. The molecule has 1 saturated heterocycles. The molecule has 2 aromatic rings. The molecule has 7 heteroatoms. The summed E-state index contributed by atoms with van der Waals surface area (Å²) in [6.07, 6.45) is 1.67. The number of amides is 1. The lowest BCUT2D eigenvalue weighted by atomic mass is 10.0. The van der Waals surface area contributed by atoms with E-state index >= 15 is 0 Å². The number of hydrogen-bond acceptors (Lipinski definition) is 4. The van der Waals surface area contributed by atoms with Crippen LogP contribution < -0.4 is 15.2 Å². The van der Waals surface area contributed by atoms with Crippen LogP contribution in [0.3, 0.4) is 0 Å². The van der Waals surface area contributed by atoms with Gasteiger partial charge < -0.3 is 20.1 Å². The van der Waals surface area contributed by atoms with Crippen molar-refractivity contribution >= 4 is 35.6 Å². The highest BCUT2D eigenvalue weighted by Gasteiger charge is 2.27. The van der Waals surface area contributed by atoms with Gasteiger partial charge in [0.2, 0.25) is 0 Å². The first kappa shape index (κ1) is 22.2. The van der Waals surface area contributed by atoms with Crippen LogP contribution >= 0.6 is 24.0 Å². The zero-order valence-electron chi connectivity index (χ0n) is 16.3. The number of aryl methyl sites for hydroxylation is 2. The van der Waals surface area contributed by atoms with E-state index < -0.39 is 0 Å². The fourth-order valence-corrected chi connectivity index (χ4v) is 3.43. The molecule has 0 spiro atoms. The minimum Gasteiger partial charge on any atom is -0.496 e. The standard InChI is InChI=1S/C21H25ClN2O3.ClH/c1-13-4-5-14(2)19(10-13)27-15-6-8-24(9-7-15)21(25)16-11-17(22)18(23)12-20(16)26-3;/h4-5,10-12,15H,6-9,23H2,1-3H3;1H. The number of methoxy groups -OCH3 is 1. The maximum atomic E-state index is 12.9. The second kappa shape index (κ2) is 9.39. The number of benzene rings is 2. The van der Waals surface area contributed by atoms with Crippen LogP contribution in [0.25, 0.3) is 0 Å². The average molecular weight is 425 g/mol. The monoisotopic (exact) mass is 424 g/mol. The first-order chi connectivity index (χ1) is 12.9. The number of carbonyl (C=O) groups excluding carboxylic acids is 1. The van der Waals surface area contributed by atoms with Crippen LogP contribution in [0.5, 0.6) is 11.5 Å². The Labute approximate surface area is 177 Å². The average Bonchev–Trinajstić information content (AvgIpc) is 2.66. The van der Waals surface area contributed by atoms with Crippen molar-refractivity contribution in [1.29, 1.82) is 0 Å². The van der Waals surface area contributed by atoms with Crippen LogP contribution in [0, 0.1) is 13.8 Å². The Morgan fingerprint density at radius 1 is 1.14 bits per heavy atom. The van der Waals surface area contributed by atoms with Gasteiger partial charge in [0, 0.05) is 32.0 Å². The number of nitrogens with two attached hydrogens (primary N) is 1. The number of nitrogens with zero attached hydrogens (tertiary/aromatic N) is 1. The smallest absolute Gasteiger partial charge is 0.257 e. The molecule has 0 saturated carbocycles. The van der Waals surface area contributed by atoms with Gasteiger partial charge in [0.15, 0.2) is 0 Å². The number of hydrogen-bond donors (Lipinski definition) is 1. The number of anilines is 1. The third kappa shape index (κ3) is 4.83. The molecule has 2 aromatic carbocycles. The molecule has 2 N–H and O–H groups in total. The fraction of sp³-hybridized carbons (Fsp3) is 0.381. The van der Waals surface area contributed by atoms with E-state index in [1.54, 1.807) is 12.1 Å². The summed E-state index contributed by atoms with van der Waals surface area (Å²) in [6.45, 7) is 5.35. The molecule has 1 fully saturated rings. The van der Waals surface area contributed by atoms with Gasteiger partial charge in [-0.15, -0.1) is 12.4 Å². The van der Waals surface area contributed by atoms with E-state index in [2.05, 4.69) is 25.1 Å². The highest BCUT2D eigenvalue weighted by Crippen LogP contribution is 2.31. The SMILES string of the molecule is COc1cc(N)c(Cl)cc1C(=O)N1CCC(Oc2cc(C)ccc2C)CC1.Cl. The molecule has 0 bridgehead atoms. The molecule has 3 rings (SSSR count). The Hall–Kier alpha value is -2.11. The number of piperidine rings is 1. The second-order valence-corrected chi connectivity index (χ2v) is 7.36. The third-order valence-corrected chi connectivity index (χ3v) is 5.24. The molecule has 0 radical (unpaired) electrons. The van der Waals surface area contributed by atoms with Crippen molar-refractivity contribution in [2.24, 2.45) is 0 Å². The van der Waals surface area contributed by atoms with Crippen molar-refractivity contribution in [1.82, 2.24) is 4.90 Å². The molecular weight excluding hydrogens is 399 g/mol. The van der Waals surface area contributed by atoms with E-state index in [9.17, 15) is 4.79 Å². The first-order valence-corrected chi connectivity index (χ1v) is 9.43. The summed E-state index contributed by atoms with van der Waals surface area (Å²) in [5, 5.41) is 0.354. The Balaban J connectivity index is 0.00000280. The van der Waals surface area contributed by atoms with Gasteiger partial charge in [-0.05, 0) is 37.1 Å². The molecule has 1 aliphatic heterocycles. The normalized spacial score (nSPS) is 14.4. The highest BCUT2D eigenvalue weighted by molar-refractivity contribution is 6.33. The lowest BCUT2D eigenvalue weighted by Crippen LogP contribution is -2.42. The minimum absolute atomic E-state index is 0. The van der Waals surface area contributed by atoms with E-state index in [1.807, 2.05) is 11.8 Å². The summed E-state index contributed by atoms with van der Waals surface area (Å²) >= 11 is 6.10. The van der Waals surface area contributed by atoms with Crippen molar-refractivity contribution in [2.45, 2.75) is 32.8 Å². The minimum atomic E-state index is -0.0982. The molecular formula is C21H26Cl2N2O3. The predicted molar refractivity (Wildman–Crippen MR) is 115 cm³/mol. The summed E-state index contributed by atoms with van der Waals surface area (Å²) in [5.74, 6) is 1.27. The van der Waals surface area contributed by atoms with Crippen molar-refractivity contribution in [3.8, 4) is 11.5 Å². The maximum absolute atomic E-state index is 12.9. The van der Waals surface area contributed by atoms with Gasteiger partial charge in [0.25, 0.3) is 5.91 Å². The van der Waals surface area contributed by atoms with E-state index in [4.69, 9.17) is 26.8 Å². The third-order valence-electron chi connectivity index (χ3n) is 4.92. The van der Waals surface area contributed by atoms with Crippen molar-refractivity contribution in [3.05, 3.63) is 52.0 Å². The van der Waals surface area contributed by atoms with Gasteiger partial charge in [-0.2, -0.15) is 0 Å². The van der Waals surface area contributed by atoms with E-state index in [0.29, 0.717) is 35.1 Å². The van der Waals surface area contributed by atoms with Gasteiger partial charge in [-0.25, -0.2) is 0 Å². The molecule has 0 aliphatic carbocycles. The topological polar surface area (TPSA) is 64.8 Å². The first-order valence-electron chi connectivity index (χ1n) is 9.05. The predicted octanol–water partition coefficient (Wildman–Crippen LogP) is 4.65. The molecule has 1 heterocycles. The van der Waals surface area contributed by atoms with Crippen LogP contribution in [0.2, 0.25) is 5.02 Å². The number of carbonyl (C=O) groups is 1. The zero-order chi connectivity index (χ0) is 19.6. The summed E-state index contributed by atoms with van der Waals surface area (Å²) < 4.78 is 11.5. The molecule has 1 amide bonds. The highest BCUT2D eigenvalue weighted by atomic mass is 35.5. The Morgan fingerprint density at radius 2 is 1.82 bits per heavy atom. The zero-order valence-corrected chi connectivity index (χ0v) is 17.9. The quantitative estimate of drug-likeness (QED) is 0.725. The summed E-state index contributed by atoms with van der Waals surface area (Å²) in [6, 6.07) is 9.38. The van der Waals surface area contributed by atoms with Crippen LogP contribution in [0.4, 0.5) is 5.69 Å². The number of rotatable bonds is 4. The van der Waals surface area contributed by atoms with Crippen LogP contribution in [-0.4, -0.2) is 37.1 Å². The van der Waals surface area contributed by atoms with Gasteiger partial charge in [-0.3, -0.25) is 4.79 Å². The van der Waals surface area contributed by atoms with Gasteiger partial charge in [0.05, 0.1) is 23.4 Å². The van der Waals surface area contributed by atoms with Crippen LogP contribution in [0.15, 0.2) is 30.3 Å². The second-order valence-electron chi connectivity index (χ2n) is 6.95. The number of likely N-dealkylation sites (tertiary alicyclic amines) is 1. The van der Waals surface area contributed by atoms with Gasteiger partial charge in [-0.1, -0.05) is 23.7 Å². The molecule has 28 heavy (non-hydrogen) atoms. The largest absolute Gasteiger partial charge is 0.496 e. The van der Waals surface area contributed by atoms with Crippen LogP contribution in [-0.2, 0) is 0 Å². The lowest BCUT2D eigenvalue weighted by molar-refractivity contribution is 0.0591. The maximum Gasteiger partial charge on any atom is 0.257 e. The molecule has 152 valence electrons. The van der Waals surface area contributed by atoms with Crippen molar-refractivity contribution in [2.75, 3.05) is 25.9 Å². The van der Waals surface area contributed by atoms with Gasteiger partial charge >= 0.3 is 0 Å². The number of halogens is 2. The van der Waals surface area contributed by atoms with Crippen molar-refractivity contribution in [3.63, 3.8) is 0 Å². The molecule has 5 nitrogen and oxygen atoms in total. The molecule has 1 aliphatic rings. The molecule has 0 aromatic heterocycles. The van der Waals surface area contributed by atoms with E-state index in [1.165, 1.54) is 12.7 Å². The Morgan fingerprint density at radius 3 is 2.46 bits per heavy atom. The Kier molecular flexibility index (Phi) is 7.44.